The monoisotopic (exact) mass is 398 g/mol. The zero-order chi connectivity index (χ0) is 19.6. The molecule has 1 aliphatic heterocycles. The Hall–Kier alpha value is -2.39. The molecule has 1 aliphatic rings. The number of halogens is 3. The molecule has 1 heterocycles. The normalized spacial score (nSPS) is 18.3. The van der Waals surface area contributed by atoms with E-state index in [9.17, 15) is 26.4 Å². The molecular weight excluding hydrogens is 381 g/mol. The number of nitrogens with zero attached hydrogens (tertiary/aromatic N) is 1. The summed E-state index contributed by atoms with van der Waals surface area (Å²) >= 11 is 0. The number of sulfonamides is 1. The fourth-order valence-electron chi connectivity index (χ4n) is 2.99. The van der Waals surface area contributed by atoms with Crippen LogP contribution in [-0.2, 0) is 14.8 Å². The highest BCUT2D eigenvalue weighted by Crippen LogP contribution is 2.27. The molecule has 0 aliphatic carbocycles. The first kappa shape index (κ1) is 19.4. The molecule has 2 aromatic rings. The first-order chi connectivity index (χ1) is 12.8. The van der Waals surface area contributed by atoms with Crippen molar-refractivity contribution in [2.75, 3.05) is 18.4 Å². The fourth-order valence-corrected chi connectivity index (χ4v) is 4.57. The van der Waals surface area contributed by atoms with Gasteiger partial charge in [0.2, 0.25) is 15.9 Å². The van der Waals surface area contributed by atoms with Crippen molar-refractivity contribution in [3.63, 3.8) is 0 Å². The van der Waals surface area contributed by atoms with Crippen molar-refractivity contribution in [3.05, 3.63) is 59.9 Å². The highest BCUT2D eigenvalue weighted by molar-refractivity contribution is 7.89. The van der Waals surface area contributed by atoms with Crippen LogP contribution in [0, 0.1) is 23.4 Å². The van der Waals surface area contributed by atoms with Crippen LogP contribution in [0.1, 0.15) is 12.8 Å². The van der Waals surface area contributed by atoms with Crippen LogP contribution in [-0.4, -0.2) is 31.7 Å². The number of nitrogens with one attached hydrogen (secondary N) is 1. The summed E-state index contributed by atoms with van der Waals surface area (Å²) < 4.78 is 66.7. The van der Waals surface area contributed by atoms with Crippen molar-refractivity contribution in [2.24, 2.45) is 5.92 Å². The lowest BCUT2D eigenvalue weighted by molar-refractivity contribution is -0.120. The average Bonchev–Trinajstić information content (AvgIpc) is 2.67. The van der Waals surface area contributed by atoms with Crippen LogP contribution >= 0.6 is 0 Å². The van der Waals surface area contributed by atoms with Crippen LogP contribution in [0.5, 0.6) is 0 Å². The lowest BCUT2D eigenvalue weighted by Crippen LogP contribution is -2.44. The number of amides is 1. The lowest BCUT2D eigenvalue weighted by atomic mass is 9.99. The number of carbonyl (C=O) groups is 1. The van der Waals surface area contributed by atoms with Gasteiger partial charge in [-0.05, 0) is 37.1 Å². The number of rotatable bonds is 4. The van der Waals surface area contributed by atoms with E-state index >= 15 is 0 Å². The molecule has 3 rings (SSSR count). The van der Waals surface area contributed by atoms with Crippen molar-refractivity contribution in [3.8, 4) is 0 Å². The summed E-state index contributed by atoms with van der Waals surface area (Å²) in [6.45, 7) is -0.102. The quantitative estimate of drug-likeness (QED) is 0.805. The third-order valence-corrected chi connectivity index (χ3v) is 6.30. The molecule has 1 unspecified atom stereocenters. The van der Waals surface area contributed by atoms with Crippen LogP contribution in [0.25, 0.3) is 0 Å². The number of benzene rings is 2. The lowest BCUT2D eigenvalue weighted by Gasteiger charge is -2.31. The molecule has 144 valence electrons. The molecule has 27 heavy (non-hydrogen) atoms. The number of hydrogen-bond donors (Lipinski definition) is 1. The summed E-state index contributed by atoms with van der Waals surface area (Å²) in [5.74, 6) is -6.06. The topological polar surface area (TPSA) is 66.5 Å². The maximum absolute atomic E-state index is 14.0. The van der Waals surface area contributed by atoms with Gasteiger partial charge in [0.25, 0.3) is 0 Å². The van der Waals surface area contributed by atoms with Gasteiger partial charge in [0, 0.05) is 18.8 Å². The van der Waals surface area contributed by atoms with Crippen LogP contribution in [0.2, 0.25) is 0 Å². The average molecular weight is 398 g/mol. The van der Waals surface area contributed by atoms with Crippen LogP contribution in [0.3, 0.4) is 0 Å². The van der Waals surface area contributed by atoms with Crippen molar-refractivity contribution >= 4 is 21.6 Å². The molecule has 5 nitrogen and oxygen atoms in total. The van der Waals surface area contributed by atoms with E-state index < -0.39 is 38.3 Å². The largest absolute Gasteiger partial charge is 0.326 e. The molecular formula is C18H17F3N2O3S. The van der Waals surface area contributed by atoms with Crippen molar-refractivity contribution < 1.29 is 26.4 Å². The first-order valence-corrected chi connectivity index (χ1v) is 9.74. The molecule has 1 saturated heterocycles. The Morgan fingerprint density at radius 3 is 2.44 bits per heavy atom. The smallest absolute Gasteiger partial charge is 0.246 e. The Labute approximate surface area is 154 Å². The molecule has 0 saturated carbocycles. The van der Waals surface area contributed by atoms with Gasteiger partial charge in [0.15, 0.2) is 17.5 Å². The van der Waals surface area contributed by atoms with Crippen molar-refractivity contribution in [2.45, 2.75) is 17.7 Å². The molecule has 0 bridgehead atoms. The molecule has 1 fully saturated rings. The summed E-state index contributed by atoms with van der Waals surface area (Å²) in [5, 5.41) is 2.71. The summed E-state index contributed by atoms with van der Waals surface area (Å²) in [7, 11) is -4.40. The first-order valence-electron chi connectivity index (χ1n) is 8.30. The molecule has 0 spiro atoms. The maximum Gasteiger partial charge on any atom is 0.246 e. The Bertz CT molecular complexity index is 952. The molecule has 0 aromatic heterocycles. The third kappa shape index (κ3) is 3.98. The molecule has 0 radical (unpaired) electrons. The van der Waals surface area contributed by atoms with E-state index in [1.807, 2.05) is 0 Å². The van der Waals surface area contributed by atoms with Crippen molar-refractivity contribution in [1.29, 1.82) is 0 Å². The summed E-state index contributed by atoms with van der Waals surface area (Å²) in [4.78, 5) is 11.5. The summed E-state index contributed by atoms with van der Waals surface area (Å²) in [6.07, 6.45) is 0.850. The van der Waals surface area contributed by atoms with Crippen molar-refractivity contribution in [1.82, 2.24) is 4.31 Å². The zero-order valence-corrected chi connectivity index (χ0v) is 15.0. The Morgan fingerprint density at radius 1 is 1.04 bits per heavy atom. The Balaban J connectivity index is 1.79. The highest BCUT2D eigenvalue weighted by atomic mass is 32.2. The molecule has 1 amide bonds. The predicted molar refractivity (Wildman–Crippen MR) is 92.9 cm³/mol. The third-order valence-electron chi connectivity index (χ3n) is 4.41. The Kier molecular flexibility index (Phi) is 5.52. The number of para-hydroxylation sites is 1. The predicted octanol–water partition coefficient (Wildman–Crippen LogP) is 3.14. The number of piperidine rings is 1. The van der Waals surface area contributed by atoms with Crippen LogP contribution < -0.4 is 5.32 Å². The number of hydrogen-bond acceptors (Lipinski definition) is 3. The van der Waals surface area contributed by atoms with E-state index in [4.69, 9.17) is 0 Å². The van der Waals surface area contributed by atoms with E-state index in [1.165, 1.54) is 0 Å². The minimum atomic E-state index is -4.40. The second-order valence-corrected chi connectivity index (χ2v) is 8.14. The zero-order valence-electron chi connectivity index (χ0n) is 14.2. The van der Waals surface area contributed by atoms with Gasteiger partial charge in [-0.15, -0.1) is 0 Å². The summed E-state index contributed by atoms with van der Waals surface area (Å²) in [5.41, 5.74) is 0.578. The van der Waals surface area contributed by atoms with Gasteiger partial charge in [0.05, 0.1) is 5.92 Å². The molecule has 1 atom stereocenters. The van der Waals surface area contributed by atoms with Gasteiger partial charge in [-0.3, -0.25) is 4.79 Å². The molecule has 2 aromatic carbocycles. The van der Waals surface area contributed by atoms with Gasteiger partial charge in [-0.1, -0.05) is 18.2 Å². The molecule has 9 heteroatoms. The van der Waals surface area contributed by atoms with Crippen LogP contribution in [0.4, 0.5) is 18.9 Å². The van der Waals surface area contributed by atoms with E-state index in [2.05, 4.69) is 5.32 Å². The highest BCUT2D eigenvalue weighted by Gasteiger charge is 2.35. The fraction of sp³-hybridized carbons (Fsp3) is 0.278. The second kappa shape index (κ2) is 7.69. The van der Waals surface area contributed by atoms with Gasteiger partial charge in [0.1, 0.15) is 4.90 Å². The van der Waals surface area contributed by atoms with Gasteiger partial charge in [-0.2, -0.15) is 4.31 Å². The summed E-state index contributed by atoms with van der Waals surface area (Å²) in [6, 6.07) is 9.95. The minimum absolute atomic E-state index is 0.0654. The van der Waals surface area contributed by atoms with Gasteiger partial charge >= 0.3 is 0 Å². The standard InChI is InChI=1S/C18H17F3N2O3S/c19-14-8-9-15(17(21)16(14)20)27(25,26)23-10-4-5-12(11-23)18(24)22-13-6-2-1-3-7-13/h1-3,6-9,12H,4-5,10-11H2,(H,22,24). The Morgan fingerprint density at radius 2 is 1.74 bits per heavy atom. The van der Waals surface area contributed by atoms with E-state index in [-0.39, 0.29) is 19.0 Å². The molecule has 1 N–H and O–H groups in total. The number of carbonyl (C=O) groups excluding carboxylic acids is 1. The number of anilines is 1. The van der Waals surface area contributed by atoms with E-state index in [0.717, 1.165) is 4.31 Å². The second-order valence-electron chi connectivity index (χ2n) is 6.23. The van der Waals surface area contributed by atoms with E-state index in [0.29, 0.717) is 30.7 Å². The van der Waals surface area contributed by atoms with Gasteiger partial charge < -0.3 is 5.32 Å². The van der Waals surface area contributed by atoms with Crippen LogP contribution in [0.15, 0.2) is 47.4 Å². The van der Waals surface area contributed by atoms with E-state index in [1.54, 1.807) is 30.3 Å². The van der Waals surface area contributed by atoms with Gasteiger partial charge in [-0.25, -0.2) is 21.6 Å². The minimum Gasteiger partial charge on any atom is -0.326 e. The SMILES string of the molecule is O=C(Nc1ccccc1)C1CCCN(S(=O)(=O)c2ccc(F)c(F)c2F)C1. The maximum atomic E-state index is 14.0.